The molecule has 1 amide bonds. The second kappa shape index (κ2) is 8.21. The fraction of sp³-hybridized carbons (Fsp3) is 0.278. The highest BCUT2D eigenvalue weighted by Gasteiger charge is 2.18. The topological polar surface area (TPSA) is 47.6 Å². The lowest BCUT2D eigenvalue weighted by atomic mass is 10.3. The fourth-order valence-corrected chi connectivity index (χ4v) is 3.54. The van der Waals surface area contributed by atoms with Crippen LogP contribution in [0.25, 0.3) is 0 Å². The van der Waals surface area contributed by atoms with Crippen molar-refractivity contribution in [1.82, 2.24) is 0 Å². The number of nitrogens with one attached hydrogen (secondary N) is 1. The monoisotopic (exact) mass is 397 g/mol. The Balaban J connectivity index is 1.67. The molecule has 0 aromatic heterocycles. The number of hydrogen-bond acceptors (Lipinski definition) is 4. The van der Waals surface area contributed by atoms with Crippen molar-refractivity contribution in [2.45, 2.75) is 23.5 Å². The number of hydrogen-bond donors (Lipinski definition) is 1. The summed E-state index contributed by atoms with van der Waals surface area (Å²) in [6.45, 7) is 3.12. The highest BCUT2D eigenvalue weighted by Crippen LogP contribution is 2.35. The number of halogens is 2. The molecule has 7 heteroatoms. The molecule has 0 saturated heterocycles. The van der Waals surface area contributed by atoms with Crippen molar-refractivity contribution < 1.29 is 14.3 Å². The summed E-state index contributed by atoms with van der Waals surface area (Å²) in [5, 5.41) is 3.46. The van der Waals surface area contributed by atoms with Crippen LogP contribution in [-0.4, -0.2) is 24.4 Å². The van der Waals surface area contributed by atoms with Gasteiger partial charge in [-0.15, -0.1) is 11.8 Å². The predicted molar refractivity (Wildman–Crippen MR) is 102 cm³/mol. The number of rotatable bonds is 4. The van der Waals surface area contributed by atoms with Crippen molar-refractivity contribution >= 4 is 46.6 Å². The van der Waals surface area contributed by atoms with Crippen molar-refractivity contribution in [1.29, 1.82) is 0 Å². The lowest BCUT2D eigenvalue weighted by Crippen LogP contribution is -2.22. The average molecular weight is 398 g/mol. The Hall–Kier alpha value is -1.56. The molecule has 0 aliphatic carbocycles. The van der Waals surface area contributed by atoms with E-state index in [-0.39, 0.29) is 11.2 Å². The third-order valence-corrected chi connectivity index (χ3v) is 5.25. The van der Waals surface area contributed by atoms with E-state index in [0.29, 0.717) is 34.7 Å². The number of amides is 1. The van der Waals surface area contributed by atoms with Gasteiger partial charge in [0, 0.05) is 16.3 Å². The van der Waals surface area contributed by atoms with Gasteiger partial charge < -0.3 is 14.8 Å². The first-order valence-electron chi connectivity index (χ1n) is 7.85. The molecule has 2 aromatic carbocycles. The van der Waals surface area contributed by atoms with Gasteiger partial charge in [0.05, 0.1) is 29.2 Å². The van der Waals surface area contributed by atoms with Gasteiger partial charge in [0.2, 0.25) is 5.91 Å². The van der Waals surface area contributed by atoms with Crippen LogP contribution in [0, 0.1) is 0 Å². The van der Waals surface area contributed by atoms with Crippen molar-refractivity contribution in [2.24, 2.45) is 0 Å². The molecule has 1 aliphatic heterocycles. The maximum Gasteiger partial charge on any atom is 0.237 e. The number of ether oxygens (including phenoxy) is 2. The molecule has 1 heterocycles. The number of carbonyl (C=O) groups is 1. The number of benzene rings is 2. The first-order valence-corrected chi connectivity index (χ1v) is 9.49. The summed E-state index contributed by atoms with van der Waals surface area (Å²) in [7, 11) is 0. The maximum absolute atomic E-state index is 12.4. The summed E-state index contributed by atoms with van der Waals surface area (Å²) in [4.78, 5) is 13.4. The number of fused-ring (bicyclic) bond motifs is 1. The second-order valence-electron chi connectivity index (χ2n) is 5.53. The lowest BCUT2D eigenvalue weighted by Gasteiger charge is -2.14. The van der Waals surface area contributed by atoms with Gasteiger partial charge in [0.1, 0.15) is 0 Å². The van der Waals surface area contributed by atoms with E-state index in [9.17, 15) is 4.79 Å². The Bertz CT molecular complexity index is 785. The van der Waals surface area contributed by atoms with Crippen LogP contribution in [-0.2, 0) is 4.79 Å². The van der Waals surface area contributed by atoms with Gasteiger partial charge in [-0.2, -0.15) is 0 Å². The number of thioether (sulfide) groups is 1. The molecule has 25 heavy (non-hydrogen) atoms. The molecular weight excluding hydrogens is 381 g/mol. The largest absolute Gasteiger partial charge is 0.490 e. The molecule has 0 radical (unpaired) electrons. The van der Waals surface area contributed by atoms with Crippen LogP contribution in [0.5, 0.6) is 11.5 Å². The molecule has 2 aromatic rings. The molecule has 3 rings (SSSR count). The first kappa shape index (κ1) is 18.2. The van der Waals surface area contributed by atoms with Crippen LogP contribution in [0.4, 0.5) is 5.69 Å². The highest BCUT2D eigenvalue weighted by molar-refractivity contribution is 8.00. The van der Waals surface area contributed by atoms with Gasteiger partial charge >= 0.3 is 0 Å². The zero-order valence-electron chi connectivity index (χ0n) is 13.6. The smallest absolute Gasteiger partial charge is 0.237 e. The lowest BCUT2D eigenvalue weighted by molar-refractivity contribution is -0.115. The van der Waals surface area contributed by atoms with E-state index >= 15 is 0 Å². The van der Waals surface area contributed by atoms with Gasteiger partial charge in [-0.05, 0) is 43.3 Å². The molecule has 4 nitrogen and oxygen atoms in total. The van der Waals surface area contributed by atoms with Crippen LogP contribution in [0.3, 0.4) is 0 Å². The van der Waals surface area contributed by atoms with E-state index in [4.69, 9.17) is 32.7 Å². The molecule has 0 bridgehead atoms. The SMILES string of the molecule is C[C@H](Sc1ccc2c(c1)OCCCO2)C(=O)Nc1cc(Cl)ccc1Cl. The summed E-state index contributed by atoms with van der Waals surface area (Å²) in [5.74, 6) is 1.30. The van der Waals surface area contributed by atoms with Gasteiger partial charge in [-0.1, -0.05) is 23.2 Å². The van der Waals surface area contributed by atoms with E-state index < -0.39 is 0 Å². The zero-order chi connectivity index (χ0) is 17.8. The first-order chi connectivity index (χ1) is 12.0. The molecule has 0 spiro atoms. The Morgan fingerprint density at radius 2 is 1.88 bits per heavy atom. The number of anilines is 1. The molecule has 0 saturated carbocycles. The minimum Gasteiger partial charge on any atom is -0.490 e. The van der Waals surface area contributed by atoms with Crippen LogP contribution in [0.1, 0.15) is 13.3 Å². The molecule has 0 fully saturated rings. The van der Waals surface area contributed by atoms with Gasteiger partial charge in [-0.3, -0.25) is 4.79 Å². The van der Waals surface area contributed by atoms with Gasteiger partial charge in [-0.25, -0.2) is 0 Å². The zero-order valence-corrected chi connectivity index (χ0v) is 15.9. The van der Waals surface area contributed by atoms with Crippen LogP contribution >= 0.6 is 35.0 Å². The Morgan fingerprint density at radius 3 is 2.68 bits per heavy atom. The third-order valence-electron chi connectivity index (χ3n) is 3.59. The molecule has 0 unspecified atom stereocenters. The van der Waals surface area contributed by atoms with E-state index in [0.717, 1.165) is 17.1 Å². The Morgan fingerprint density at radius 1 is 1.12 bits per heavy atom. The second-order valence-corrected chi connectivity index (χ2v) is 7.79. The number of carbonyl (C=O) groups excluding carboxylic acids is 1. The fourth-order valence-electron chi connectivity index (χ4n) is 2.30. The van der Waals surface area contributed by atoms with E-state index in [2.05, 4.69) is 5.32 Å². The van der Waals surface area contributed by atoms with Crippen molar-refractivity contribution in [3.05, 3.63) is 46.4 Å². The highest BCUT2D eigenvalue weighted by atomic mass is 35.5. The summed E-state index contributed by atoms with van der Waals surface area (Å²) in [5.41, 5.74) is 0.505. The minimum atomic E-state index is -0.320. The van der Waals surface area contributed by atoms with Crippen LogP contribution in [0.2, 0.25) is 10.0 Å². The molecular formula is C18H17Cl2NO3S. The summed E-state index contributed by atoms with van der Waals surface area (Å²) in [6, 6.07) is 10.7. The van der Waals surface area contributed by atoms with Gasteiger partial charge in [0.15, 0.2) is 11.5 Å². The van der Waals surface area contributed by atoms with Crippen molar-refractivity contribution in [3.8, 4) is 11.5 Å². The average Bonchev–Trinajstić information content (AvgIpc) is 2.83. The maximum atomic E-state index is 12.4. The quantitative estimate of drug-likeness (QED) is 0.713. The standard InChI is InChI=1S/C18H17Cl2NO3S/c1-11(18(22)21-15-9-12(19)3-5-14(15)20)25-13-4-6-16-17(10-13)24-8-2-7-23-16/h3-6,9-11H,2,7-8H2,1H3,(H,21,22)/t11-/m0/s1. The normalized spacial score (nSPS) is 14.5. The van der Waals surface area contributed by atoms with E-state index in [1.54, 1.807) is 18.2 Å². The summed E-state index contributed by atoms with van der Waals surface area (Å²) in [6.07, 6.45) is 0.857. The van der Waals surface area contributed by atoms with Crippen LogP contribution in [0.15, 0.2) is 41.3 Å². The van der Waals surface area contributed by atoms with Crippen molar-refractivity contribution in [2.75, 3.05) is 18.5 Å². The van der Waals surface area contributed by atoms with Gasteiger partial charge in [0.25, 0.3) is 0 Å². The predicted octanol–water partition coefficient (Wildman–Crippen LogP) is 5.27. The molecule has 1 N–H and O–H groups in total. The third kappa shape index (κ3) is 4.75. The molecule has 1 aliphatic rings. The molecule has 1 atom stereocenters. The minimum absolute atomic E-state index is 0.152. The molecule has 132 valence electrons. The van der Waals surface area contributed by atoms with Crippen molar-refractivity contribution in [3.63, 3.8) is 0 Å². The van der Waals surface area contributed by atoms with E-state index in [1.165, 1.54) is 11.8 Å². The van der Waals surface area contributed by atoms with E-state index in [1.807, 2.05) is 25.1 Å². The summed E-state index contributed by atoms with van der Waals surface area (Å²) >= 11 is 13.5. The Labute approximate surface area is 160 Å². The van der Waals surface area contributed by atoms with Crippen LogP contribution < -0.4 is 14.8 Å². The Kier molecular flexibility index (Phi) is 5.99. The summed E-state index contributed by atoms with van der Waals surface area (Å²) < 4.78 is 11.3.